The number of amides is 2. The zero-order valence-corrected chi connectivity index (χ0v) is 17.4. The summed E-state index contributed by atoms with van der Waals surface area (Å²) in [6, 6.07) is 22.1. The Kier molecular flexibility index (Phi) is 6.17. The van der Waals surface area contributed by atoms with E-state index in [4.69, 9.17) is 9.15 Å². The molecule has 1 N–H and O–H groups in total. The van der Waals surface area contributed by atoms with Crippen molar-refractivity contribution in [3.63, 3.8) is 0 Å². The third kappa shape index (κ3) is 4.78. The number of ether oxygens (including phenoxy) is 1. The Morgan fingerprint density at radius 1 is 1.00 bits per heavy atom. The number of para-hydroxylation sites is 2. The topological polar surface area (TPSA) is 71.8 Å². The highest BCUT2D eigenvalue weighted by Crippen LogP contribution is 2.28. The molecule has 1 heterocycles. The van der Waals surface area contributed by atoms with E-state index < -0.39 is 17.6 Å². The van der Waals surface area contributed by atoms with Crippen LogP contribution in [0.1, 0.15) is 16.1 Å². The van der Waals surface area contributed by atoms with Crippen LogP contribution in [0.3, 0.4) is 0 Å². The first-order chi connectivity index (χ1) is 15.5. The molecule has 0 saturated heterocycles. The zero-order chi connectivity index (χ0) is 22.5. The number of likely N-dealkylation sites (N-methyl/N-ethyl adjacent to an activating group) is 1. The van der Waals surface area contributed by atoms with Crippen LogP contribution < -0.4 is 10.1 Å². The Bertz CT molecular complexity index is 1250. The monoisotopic (exact) mass is 432 g/mol. The smallest absolute Gasteiger partial charge is 0.290 e. The van der Waals surface area contributed by atoms with Crippen LogP contribution in [-0.2, 0) is 11.4 Å². The summed E-state index contributed by atoms with van der Waals surface area (Å²) in [5.41, 5.74) is 1.48. The molecule has 3 aromatic carbocycles. The summed E-state index contributed by atoms with van der Waals surface area (Å²) < 4.78 is 25.0. The minimum atomic E-state index is -0.461. The predicted octanol–water partition coefficient (Wildman–Crippen LogP) is 4.86. The van der Waals surface area contributed by atoms with Crippen LogP contribution in [-0.4, -0.2) is 30.3 Å². The van der Waals surface area contributed by atoms with Gasteiger partial charge in [-0.05, 0) is 36.4 Å². The van der Waals surface area contributed by atoms with Crippen LogP contribution in [0.5, 0.6) is 5.75 Å². The maximum atomic E-state index is 13.3. The molecule has 0 fully saturated rings. The number of furan rings is 1. The van der Waals surface area contributed by atoms with Gasteiger partial charge in [0.15, 0.2) is 5.76 Å². The first kappa shape index (κ1) is 21.1. The lowest BCUT2D eigenvalue weighted by Gasteiger charge is -2.16. The molecule has 4 rings (SSSR count). The second kappa shape index (κ2) is 9.34. The average Bonchev–Trinajstić information content (AvgIpc) is 3.16. The van der Waals surface area contributed by atoms with E-state index in [0.717, 1.165) is 5.39 Å². The van der Waals surface area contributed by atoms with Gasteiger partial charge >= 0.3 is 0 Å². The summed E-state index contributed by atoms with van der Waals surface area (Å²) in [7, 11) is 1.50. The van der Waals surface area contributed by atoms with Crippen molar-refractivity contribution in [1.82, 2.24) is 4.90 Å². The van der Waals surface area contributed by atoms with Crippen molar-refractivity contribution in [2.45, 2.75) is 6.61 Å². The van der Waals surface area contributed by atoms with Gasteiger partial charge in [-0.1, -0.05) is 42.5 Å². The van der Waals surface area contributed by atoms with Crippen LogP contribution in [0.4, 0.5) is 10.1 Å². The number of benzene rings is 3. The molecule has 0 unspecified atom stereocenters. The van der Waals surface area contributed by atoms with Gasteiger partial charge in [0, 0.05) is 23.7 Å². The Labute approximate surface area is 184 Å². The number of halogens is 1. The molecule has 0 spiro atoms. The third-order valence-corrected chi connectivity index (χ3v) is 4.85. The molecule has 0 atom stereocenters. The Morgan fingerprint density at radius 3 is 2.53 bits per heavy atom. The molecule has 0 bridgehead atoms. The number of carbonyl (C=O) groups excluding carboxylic acids is 2. The minimum absolute atomic E-state index is 0.114. The number of rotatable bonds is 7. The van der Waals surface area contributed by atoms with E-state index in [1.54, 1.807) is 12.1 Å². The molecule has 0 radical (unpaired) electrons. The maximum Gasteiger partial charge on any atom is 0.290 e. The van der Waals surface area contributed by atoms with Gasteiger partial charge in [-0.15, -0.1) is 0 Å². The summed E-state index contributed by atoms with van der Waals surface area (Å²) in [6.45, 7) is -0.100. The SMILES string of the molecule is CN(CC(=O)Nc1cccc(F)c1)C(=O)c1oc2ccccc2c1COc1ccccc1. The molecule has 0 aliphatic carbocycles. The highest BCUT2D eigenvalue weighted by molar-refractivity contribution is 6.01. The van der Waals surface area contributed by atoms with Crippen LogP contribution >= 0.6 is 0 Å². The number of carbonyl (C=O) groups is 2. The van der Waals surface area contributed by atoms with Crippen molar-refractivity contribution in [2.24, 2.45) is 0 Å². The predicted molar refractivity (Wildman–Crippen MR) is 119 cm³/mol. The fraction of sp³-hybridized carbons (Fsp3) is 0.120. The molecule has 2 amide bonds. The number of hydrogen-bond donors (Lipinski definition) is 1. The van der Waals surface area contributed by atoms with E-state index in [9.17, 15) is 14.0 Å². The lowest BCUT2D eigenvalue weighted by Crippen LogP contribution is -2.35. The molecular formula is C25H21FN2O4. The summed E-state index contributed by atoms with van der Waals surface area (Å²) in [5.74, 6) is -0.591. The third-order valence-electron chi connectivity index (χ3n) is 4.85. The number of hydrogen-bond acceptors (Lipinski definition) is 4. The van der Waals surface area contributed by atoms with E-state index in [2.05, 4.69) is 5.32 Å². The van der Waals surface area contributed by atoms with E-state index in [0.29, 0.717) is 22.6 Å². The molecule has 32 heavy (non-hydrogen) atoms. The van der Waals surface area contributed by atoms with Gasteiger partial charge in [0.05, 0.1) is 6.54 Å². The fourth-order valence-corrected chi connectivity index (χ4v) is 3.31. The standard InChI is InChI=1S/C25H21FN2O4/c1-28(15-23(29)27-18-9-7-8-17(26)14-18)25(30)24-21(16-31-19-10-3-2-4-11-19)20-12-5-6-13-22(20)32-24/h2-14H,15-16H2,1H3,(H,27,29). The van der Waals surface area contributed by atoms with Gasteiger partial charge < -0.3 is 19.4 Å². The van der Waals surface area contributed by atoms with Crippen molar-refractivity contribution in [2.75, 3.05) is 18.9 Å². The Hall–Kier alpha value is -4.13. The van der Waals surface area contributed by atoms with E-state index in [1.807, 2.05) is 48.5 Å². The van der Waals surface area contributed by atoms with Crippen molar-refractivity contribution in [1.29, 1.82) is 0 Å². The van der Waals surface area contributed by atoms with Crippen LogP contribution in [0.2, 0.25) is 0 Å². The van der Waals surface area contributed by atoms with Gasteiger partial charge in [0.2, 0.25) is 5.91 Å². The molecule has 0 saturated carbocycles. The lowest BCUT2D eigenvalue weighted by molar-refractivity contribution is -0.116. The molecule has 6 nitrogen and oxygen atoms in total. The molecule has 4 aromatic rings. The van der Waals surface area contributed by atoms with Crippen LogP contribution in [0, 0.1) is 5.82 Å². The maximum absolute atomic E-state index is 13.3. The zero-order valence-electron chi connectivity index (χ0n) is 17.4. The molecule has 1 aromatic heterocycles. The molecule has 0 aliphatic rings. The van der Waals surface area contributed by atoms with Crippen molar-refractivity contribution in [3.8, 4) is 5.75 Å². The average molecular weight is 432 g/mol. The van der Waals surface area contributed by atoms with E-state index in [1.165, 1.54) is 30.1 Å². The first-order valence-electron chi connectivity index (χ1n) is 10.0. The van der Waals surface area contributed by atoms with Crippen molar-refractivity contribution in [3.05, 3.63) is 96.0 Å². The van der Waals surface area contributed by atoms with E-state index >= 15 is 0 Å². The second-order valence-electron chi connectivity index (χ2n) is 7.23. The lowest BCUT2D eigenvalue weighted by atomic mass is 10.1. The molecular weight excluding hydrogens is 411 g/mol. The van der Waals surface area contributed by atoms with Gasteiger partial charge in [-0.3, -0.25) is 9.59 Å². The summed E-state index contributed by atoms with van der Waals surface area (Å²) in [5, 5.41) is 3.35. The Balaban J connectivity index is 1.52. The van der Waals surface area contributed by atoms with Gasteiger partial charge in [0.25, 0.3) is 5.91 Å². The number of nitrogens with one attached hydrogen (secondary N) is 1. The number of nitrogens with zero attached hydrogens (tertiary/aromatic N) is 1. The molecule has 162 valence electrons. The fourth-order valence-electron chi connectivity index (χ4n) is 3.31. The van der Waals surface area contributed by atoms with Crippen LogP contribution in [0.25, 0.3) is 11.0 Å². The summed E-state index contributed by atoms with van der Waals surface area (Å²) in [6.07, 6.45) is 0. The van der Waals surface area contributed by atoms with Crippen molar-refractivity contribution >= 4 is 28.5 Å². The van der Waals surface area contributed by atoms with Crippen LogP contribution in [0.15, 0.2) is 83.3 Å². The normalized spacial score (nSPS) is 10.7. The Morgan fingerprint density at radius 2 is 1.75 bits per heavy atom. The second-order valence-corrected chi connectivity index (χ2v) is 7.23. The molecule has 0 aliphatic heterocycles. The number of fused-ring (bicyclic) bond motifs is 1. The largest absolute Gasteiger partial charge is 0.489 e. The quantitative estimate of drug-likeness (QED) is 0.453. The number of anilines is 1. The van der Waals surface area contributed by atoms with Gasteiger partial charge in [-0.2, -0.15) is 0 Å². The summed E-state index contributed by atoms with van der Waals surface area (Å²) >= 11 is 0. The van der Waals surface area contributed by atoms with Gasteiger partial charge in [0.1, 0.15) is 23.8 Å². The van der Waals surface area contributed by atoms with Gasteiger partial charge in [-0.25, -0.2) is 4.39 Å². The highest BCUT2D eigenvalue weighted by Gasteiger charge is 2.25. The van der Waals surface area contributed by atoms with Crippen molar-refractivity contribution < 1.29 is 23.1 Å². The minimum Gasteiger partial charge on any atom is -0.489 e. The van der Waals surface area contributed by atoms with E-state index in [-0.39, 0.29) is 18.9 Å². The first-order valence-corrected chi connectivity index (χ1v) is 10.0. The highest BCUT2D eigenvalue weighted by atomic mass is 19.1. The molecule has 7 heteroatoms. The summed E-state index contributed by atoms with van der Waals surface area (Å²) in [4.78, 5) is 26.7.